The second-order valence-electron chi connectivity index (χ2n) is 16.1. The van der Waals surface area contributed by atoms with Gasteiger partial charge in [0.25, 0.3) is 0 Å². The smallest absolute Gasteiger partial charge is 0.305 e. The van der Waals surface area contributed by atoms with Crippen LogP contribution in [-0.4, -0.2) is 47.4 Å². The number of unbranched alkanes of at least 4 members (excludes halogenated alkanes) is 28. The molecule has 0 aliphatic heterocycles. The molecule has 0 heterocycles. The lowest BCUT2D eigenvalue weighted by Gasteiger charge is -2.22. The van der Waals surface area contributed by atoms with Gasteiger partial charge in [0.05, 0.1) is 25.4 Å². The molecule has 0 rings (SSSR count). The van der Waals surface area contributed by atoms with Crippen LogP contribution in [0.5, 0.6) is 0 Å². The summed E-state index contributed by atoms with van der Waals surface area (Å²) >= 11 is 0. The van der Waals surface area contributed by atoms with Gasteiger partial charge in [-0.2, -0.15) is 0 Å². The molecule has 0 aliphatic rings. The number of ether oxygens (including phenoxy) is 1. The van der Waals surface area contributed by atoms with Gasteiger partial charge in [-0.3, -0.25) is 9.59 Å². The van der Waals surface area contributed by atoms with Crippen molar-refractivity contribution in [2.45, 2.75) is 257 Å². The second-order valence-corrected chi connectivity index (χ2v) is 16.1. The third kappa shape index (κ3) is 40.0. The van der Waals surface area contributed by atoms with E-state index in [2.05, 4.69) is 43.5 Å². The van der Waals surface area contributed by atoms with E-state index in [1.165, 1.54) is 135 Å². The van der Waals surface area contributed by atoms with Gasteiger partial charge in [0.2, 0.25) is 5.91 Å². The van der Waals surface area contributed by atoms with Crippen LogP contribution in [0, 0.1) is 0 Å². The molecule has 0 spiro atoms. The minimum atomic E-state index is -0.679. The zero-order valence-electron chi connectivity index (χ0n) is 36.0. The predicted octanol–water partition coefficient (Wildman–Crippen LogP) is 13.6. The van der Waals surface area contributed by atoms with E-state index in [0.717, 1.165) is 77.0 Å². The number of carbonyl (C=O) groups is 2. The van der Waals surface area contributed by atoms with Gasteiger partial charge in [0, 0.05) is 12.8 Å². The Labute approximate surface area is 335 Å². The Bertz CT molecular complexity index is 843. The van der Waals surface area contributed by atoms with E-state index >= 15 is 0 Å². The molecule has 0 bridgehead atoms. The van der Waals surface area contributed by atoms with Gasteiger partial charge in [-0.1, -0.05) is 173 Å². The van der Waals surface area contributed by atoms with Crippen molar-refractivity contribution in [3.8, 4) is 0 Å². The summed E-state index contributed by atoms with van der Waals surface area (Å²) in [6.07, 6.45) is 49.9. The number of esters is 1. The highest BCUT2D eigenvalue weighted by Crippen LogP contribution is 2.15. The maximum Gasteiger partial charge on any atom is 0.305 e. The fraction of sp³-hybridized carbons (Fsp3) is 0.875. The van der Waals surface area contributed by atoms with E-state index in [1.54, 1.807) is 0 Å². The van der Waals surface area contributed by atoms with Crippen LogP contribution in [0.1, 0.15) is 245 Å². The van der Waals surface area contributed by atoms with E-state index in [0.29, 0.717) is 25.9 Å². The number of carbonyl (C=O) groups excluding carboxylic acids is 2. The van der Waals surface area contributed by atoms with Crippen molar-refractivity contribution in [2.24, 2.45) is 0 Å². The lowest BCUT2D eigenvalue weighted by molar-refractivity contribution is -0.143. The van der Waals surface area contributed by atoms with Crippen molar-refractivity contribution in [3.05, 3.63) is 24.3 Å². The first-order chi connectivity index (χ1) is 26.5. The molecule has 6 heteroatoms. The molecule has 2 unspecified atom stereocenters. The lowest BCUT2D eigenvalue weighted by Crippen LogP contribution is -2.45. The highest BCUT2D eigenvalue weighted by atomic mass is 16.5. The largest absolute Gasteiger partial charge is 0.466 e. The second kappa shape index (κ2) is 44.1. The van der Waals surface area contributed by atoms with Gasteiger partial charge in [0.1, 0.15) is 0 Å². The highest BCUT2D eigenvalue weighted by Gasteiger charge is 2.20. The molecule has 0 aliphatic carbocycles. The minimum absolute atomic E-state index is 0.0334. The van der Waals surface area contributed by atoms with Crippen molar-refractivity contribution < 1.29 is 24.5 Å². The molecule has 0 radical (unpaired) electrons. The summed E-state index contributed by atoms with van der Waals surface area (Å²) in [4.78, 5) is 24.4. The van der Waals surface area contributed by atoms with Gasteiger partial charge >= 0.3 is 5.97 Å². The Kier molecular flexibility index (Phi) is 42.7. The van der Waals surface area contributed by atoms with Crippen molar-refractivity contribution in [2.75, 3.05) is 13.2 Å². The molecule has 3 N–H and O–H groups in total. The Morgan fingerprint density at radius 2 is 0.870 bits per heavy atom. The minimum Gasteiger partial charge on any atom is -0.466 e. The predicted molar refractivity (Wildman–Crippen MR) is 232 cm³/mol. The average Bonchev–Trinajstić information content (AvgIpc) is 3.17. The zero-order valence-corrected chi connectivity index (χ0v) is 36.0. The normalized spacial score (nSPS) is 12.9. The van der Waals surface area contributed by atoms with Crippen LogP contribution in [-0.2, 0) is 14.3 Å². The molecule has 0 aromatic heterocycles. The van der Waals surface area contributed by atoms with Crippen molar-refractivity contribution in [1.29, 1.82) is 0 Å². The summed E-state index contributed by atoms with van der Waals surface area (Å²) in [5.41, 5.74) is 0. The fourth-order valence-corrected chi connectivity index (χ4v) is 7.04. The highest BCUT2D eigenvalue weighted by molar-refractivity contribution is 5.76. The van der Waals surface area contributed by atoms with E-state index in [9.17, 15) is 19.8 Å². The SMILES string of the molecule is CCCCC/C=C\CCCCCCCC(=O)OCCCCC/C=C\CCCCCCCC(=O)NC(CO)C(O)CCCCCCCCCCCCCCC. The van der Waals surface area contributed by atoms with E-state index in [4.69, 9.17) is 4.74 Å². The van der Waals surface area contributed by atoms with Crippen molar-refractivity contribution >= 4 is 11.9 Å². The number of hydrogen-bond donors (Lipinski definition) is 3. The van der Waals surface area contributed by atoms with Crippen molar-refractivity contribution in [3.63, 3.8) is 0 Å². The topological polar surface area (TPSA) is 95.9 Å². The van der Waals surface area contributed by atoms with Gasteiger partial charge in [-0.15, -0.1) is 0 Å². The Morgan fingerprint density at radius 1 is 0.500 bits per heavy atom. The monoisotopic (exact) mass is 762 g/mol. The molecular formula is C48H91NO5. The third-order valence-electron chi connectivity index (χ3n) is 10.7. The third-order valence-corrected chi connectivity index (χ3v) is 10.7. The molecule has 0 aromatic rings. The van der Waals surface area contributed by atoms with Gasteiger partial charge in [-0.05, 0) is 83.5 Å². The molecular weight excluding hydrogens is 671 g/mol. The molecule has 2 atom stereocenters. The molecule has 6 nitrogen and oxygen atoms in total. The first-order valence-corrected chi connectivity index (χ1v) is 23.6. The number of nitrogens with one attached hydrogen (secondary N) is 1. The molecule has 0 fully saturated rings. The van der Waals surface area contributed by atoms with Crippen LogP contribution in [0.25, 0.3) is 0 Å². The number of rotatable bonds is 43. The van der Waals surface area contributed by atoms with Gasteiger partial charge in [0.15, 0.2) is 0 Å². The molecule has 318 valence electrons. The van der Waals surface area contributed by atoms with Crippen molar-refractivity contribution in [1.82, 2.24) is 5.32 Å². The van der Waals surface area contributed by atoms with Crippen LogP contribution >= 0.6 is 0 Å². The van der Waals surface area contributed by atoms with E-state index in [-0.39, 0.29) is 18.5 Å². The zero-order chi connectivity index (χ0) is 39.4. The van der Waals surface area contributed by atoms with Crippen LogP contribution in [0.4, 0.5) is 0 Å². The van der Waals surface area contributed by atoms with Crippen LogP contribution in [0.3, 0.4) is 0 Å². The van der Waals surface area contributed by atoms with Crippen LogP contribution in [0.15, 0.2) is 24.3 Å². The number of allylic oxidation sites excluding steroid dienone is 4. The van der Waals surface area contributed by atoms with E-state index < -0.39 is 12.1 Å². The summed E-state index contributed by atoms with van der Waals surface area (Å²) in [6, 6.07) is -0.559. The first-order valence-electron chi connectivity index (χ1n) is 23.6. The van der Waals surface area contributed by atoms with E-state index in [1.807, 2.05) is 0 Å². The lowest BCUT2D eigenvalue weighted by atomic mass is 10.0. The Morgan fingerprint density at radius 3 is 1.35 bits per heavy atom. The summed E-state index contributed by atoms with van der Waals surface area (Å²) < 4.78 is 5.42. The number of aliphatic hydroxyl groups excluding tert-OH is 2. The summed E-state index contributed by atoms with van der Waals surface area (Å²) in [7, 11) is 0. The summed E-state index contributed by atoms with van der Waals surface area (Å²) in [5.74, 6) is -0.0957. The number of aliphatic hydroxyl groups is 2. The molecule has 0 aromatic carbocycles. The molecule has 0 saturated carbocycles. The average molecular weight is 762 g/mol. The van der Waals surface area contributed by atoms with Gasteiger partial charge < -0.3 is 20.3 Å². The first kappa shape index (κ1) is 52.3. The quantitative estimate of drug-likeness (QED) is 0.0327. The van der Waals surface area contributed by atoms with Crippen LogP contribution in [0.2, 0.25) is 0 Å². The maximum absolute atomic E-state index is 12.4. The summed E-state index contributed by atoms with van der Waals surface area (Å²) in [6.45, 7) is 4.85. The van der Waals surface area contributed by atoms with Crippen LogP contribution < -0.4 is 5.32 Å². The Balaban J connectivity index is 3.53. The standard InChI is InChI=1S/C48H91NO5/c1-3-5-7-9-11-13-15-17-20-24-28-32-36-40-46(51)45(44-50)49-47(52)41-37-33-29-25-21-18-19-23-27-31-35-39-43-54-48(53)42-38-34-30-26-22-16-14-12-10-8-6-4-2/h12,14,19,23,45-46,50-51H,3-11,13,15-18,20-22,24-44H2,1-2H3,(H,49,52)/b14-12-,23-19-. The molecule has 54 heavy (non-hydrogen) atoms. The van der Waals surface area contributed by atoms with Gasteiger partial charge in [-0.25, -0.2) is 0 Å². The Hall–Kier alpha value is -1.66. The fourth-order valence-electron chi connectivity index (χ4n) is 7.04. The molecule has 0 saturated heterocycles. The summed E-state index contributed by atoms with van der Waals surface area (Å²) in [5, 5.41) is 23.1. The molecule has 1 amide bonds. The maximum atomic E-state index is 12.4. The number of hydrogen-bond acceptors (Lipinski definition) is 5. The number of amides is 1.